The number of benzene rings is 4. The summed E-state index contributed by atoms with van der Waals surface area (Å²) >= 11 is 0. The molecule has 4 aromatic carbocycles. The summed E-state index contributed by atoms with van der Waals surface area (Å²) in [5.41, 5.74) is 1.43. The number of carbonyl (C=O) groups excluding carboxylic acids is 1. The van der Waals surface area contributed by atoms with Crippen LogP contribution in [0.3, 0.4) is 0 Å². The zero-order valence-corrected chi connectivity index (χ0v) is 22.6. The van der Waals surface area contributed by atoms with Crippen LogP contribution in [0.15, 0.2) is 120 Å². The predicted molar refractivity (Wildman–Crippen MR) is 155 cm³/mol. The zero-order chi connectivity index (χ0) is 29.0. The maximum Gasteiger partial charge on any atom is 0.418 e. The van der Waals surface area contributed by atoms with Crippen molar-refractivity contribution < 1.29 is 23.8 Å². The molecule has 0 radical (unpaired) electrons. The third kappa shape index (κ3) is 5.19. The first kappa shape index (κ1) is 27.3. The smallest absolute Gasteiger partial charge is 0.418 e. The number of carboxylic acid groups (broad SMARTS) is 1. The van der Waals surface area contributed by atoms with Gasteiger partial charge in [-0.15, -0.1) is 0 Å². The van der Waals surface area contributed by atoms with E-state index in [1.165, 1.54) is 24.3 Å². The molecule has 1 atom stereocenters. The molecule has 5 rings (SSSR count). The maximum absolute atomic E-state index is 14.6. The zero-order valence-electron chi connectivity index (χ0n) is 22.6. The van der Waals surface area contributed by atoms with Gasteiger partial charge >= 0.3 is 6.09 Å². The van der Waals surface area contributed by atoms with E-state index in [1.807, 2.05) is 72.8 Å². The van der Waals surface area contributed by atoms with Crippen LogP contribution in [0.5, 0.6) is 5.75 Å². The molecule has 1 aliphatic rings. The van der Waals surface area contributed by atoms with Crippen LogP contribution in [-0.2, 0) is 12.0 Å². The van der Waals surface area contributed by atoms with E-state index in [4.69, 9.17) is 4.74 Å². The SMILES string of the molecule is COc1ccc(C2(Cc3ccccc3)C(=Cc3ccccc3)N(C(=O)O)C(=NC(=O)c3ccccc3F)N2C)cc1. The molecule has 206 valence electrons. The van der Waals surface area contributed by atoms with Crippen molar-refractivity contribution >= 4 is 24.0 Å². The summed E-state index contributed by atoms with van der Waals surface area (Å²) in [5, 5.41) is 10.6. The monoisotopic (exact) mass is 549 g/mol. The van der Waals surface area contributed by atoms with Crippen molar-refractivity contribution in [3.63, 3.8) is 0 Å². The van der Waals surface area contributed by atoms with Gasteiger partial charge in [0.1, 0.15) is 17.1 Å². The van der Waals surface area contributed by atoms with E-state index in [0.29, 0.717) is 17.9 Å². The van der Waals surface area contributed by atoms with E-state index < -0.39 is 23.4 Å². The fraction of sp³-hybridized carbons (Fsp3) is 0.121. The Hall–Kier alpha value is -5.24. The first-order valence-electron chi connectivity index (χ1n) is 13.0. The average Bonchev–Trinajstić information content (AvgIpc) is 3.21. The van der Waals surface area contributed by atoms with Gasteiger partial charge in [-0.25, -0.2) is 14.1 Å². The average molecular weight is 550 g/mol. The Bertz CT molecular complexity index is 1620. The number of rotatable bonds is 6. The minimum atomic E-state index is -1.33. The number of hydrogen-bond donors (Lipinski definition) is 1. The van der Waals surface area contributed by atoms with E-state index in [0.717, 1.165) is 21.6 Å². The summed E-state index contributed by atoms with van der Waals surface area (Å²) in [6.07, 6.45) is 0.794. The van der Waals surface area contributed by atoms with Crippen molar-refractivity contribution in [1.29, 1.82) is 0 Å². The van der Waals surface area contributed by atoms with E-state index >= 15 is 0 Å². The summed E-state index contributed by atoms with van der Waals surface area (Å²) in [7, 11) is 3.27. The first-order chi connectivity index (χ1) is 19.8. The molecule has 1 N–H and O–H groups in total. The largest absolute Gasteiger partial charge is 0.497 e. The molecular weight excluding hydrogens is 521 g/mol. The Morgan fingerprint density at radius 2 is 1.51 bits per heavy atom. The molecule has 0 spiro atoms. The van der Waals surface area contributed by atoms with Crippen LogP contribution >= 0.6 is 0 Å². The lowest BCUT2D eigenvalue weighted by atomic mass is 9.80. The Labute approximate surface area is 237 Å². The van der Waals surface area contributed by atoms with E-state index in [9.17, 15) is 19.1 Å². The topological polar surface area (TPSA) is 82.4 Å². The van der Waals surface area contributed by atoms with Crippen LogP contribution in [0.1, 0.15) is 27.0 Å². The maximum atomic E-state index is 14.6. The second-order valence-corrected chi connectivity index (χ2v) is 9.57. The number of amides is 2. The molecule has 1 fully saturated rings. The highest BCUT2D eigenvalue weighted by Gasteiger charge is 2.54. The first-order valence-corrected chi connectivity index (χ1v) is 13.0. The molecule has 1 aliphatic heterocycles. The summed E-state index contributed by atoms with van der Waals surface area (Å²) in [6, 6.07) is 31.8. The highest BCUT2D eigenvalue weighted by Crippen LogP contribution is 2.47. The number of guanidine groups is 1. The Kier molecular flexibility index (Phi) is 7.65. The van der Waals surface area contributed by atoms with Crippen molar-refractivity contribution in [2.75, 3.05) is 14.2 Å². The van der Waals surface area contributed by atoms with E-state index in [-0.39, 0.29) is 11.5 Å². The van der Waals surface area contributed by atoms with Gasteiger partial charge in [-0.3, -0.25) is 4.79 Å². The van der Waals surface area contributed by atoms with E-state index in [2.05, 4.69) is 4.99 Å². The van der Waals surface area contributed by atoms with Crippen LogP contribution in [0.2, 0.25) is 0 Å². The Morgan fingerprint density at radius 1 is 0.902 bits per heavy atom. The minimum absolute atomic E-state index is 0.139. The van der Waals surface area contributed by atoms with Gasteiger partial charge in [-0.05, 0) is 47.0 Å². The van der Waals surface area contributed by atoms with Crippen LogP contribution < -0.4 is 4.74 Å². The molecule has 1 unspecified atom stereocenters. The molecule has 0 saturated carbocycles. The molecule has 0 aromatic heterocycles. The van der Waals surface area contributed by atoms with Crippen molar-refractivity contribution in [1.82, 2.24) is 9.80 Å². The Morgan fingerprint density at radius 3 is 2.12 bits per heavy atom. The lowest BCUT2D eigenvalue weighted by Gasteiger charge is -2.37. The molecule has 1 saturated heterocycles. The molecule has 0 bridgehead atoms. The van der Waals surface area contributed by atoms with Crippen molar-refractivity contribution in [2.24, 2.45) is 4.99 Å². The quantitative estimate of drug-likeness (QED) is 0.300. The van der Waals surface area contributed by atoms with Crippen LogP contribution in [0.25, 0.3) is 6.08 Å². The number of aliphatic imine (C=N–C) groups is 1. The summed E-state index contributed by atoms with van der Waals surface area (Å²) in [5.74, 6) is -1.13. The van der Waals surface area contributed by atoms with Gasteiger partial charge in [0.15, 0.2) is 0 Å². The van der Waals surface area contributed by atoms with Crippen LogP contribution in [-0.4, -0.2) is 47.0 Å². The summed E-state index contributed by atoms with van der Waals surface area (Å²) in [4.78, 5) is 33.2. The van der Waals surface area contributed by atoms with Gasteiger partial charge in [0, 0.05) is 13.5 Å². The van der Waals surface area contributed by atoms with Crippen LogP contribution in [0, 0.1) is 5.82 Å². The van der Waals surface area contributed by atoms with Crippen molar-refractivity contribution in [3.05, 3.63) is 143 Å². The van der Waals surface area contributed by atoms with Gasteiger partial charge in [0.25, 0.3) is 5.91 Å². The molecule has 1 heterocycles. The number of methoxy groups -OCH3 is 1. The van der Waals surface area contributed by atoms with Crippen molar-refractivity contribution in [3.8, 4) is 5.75 Å². The summed E-state index contributed by atoms with van der Waals surface area (Å²) < 4.78 is 19.9. The lowest BCUT2D eigenvalue weighted by Crippen LogP contribution is -2.43. The summed E-state index contributed by atoms with van der Waals surface area (Å²) in [6.45, 7) is 0. The van der Waals surface area contributed by atoms with Gasteiger partial charge in [0.05, 0.1) is 18.4 Å². The standard InChI is InChI=1S/C33H28FN3O4/c1-36-31(35-30(38)27-15-9-10-16-28(27)34)37(32(39)40)29(21-23-11-5-3-6-12-23)33(36,22-24-13-7-4-8-14-24)25-17-19-26(41-2)20-18-25/h3-21H,22H2,1-2H3,(H,39,40). The number of hydrogen-bond acceptors (Lipinski definition) is 3. The normalized spacial score (nSPS) is 18.6. The van der Waals surface area contributed by atoms with Gasteiger partial charge in [0.2, 0.25) is 5.96 Å². The second-order valence-electron chi connectivity index (χ2n) is 9.57. The number of halogens is 1. The third-order valence-corrected chi connectivity index (χ3v) is 7.21. The number of likely N-dealkylation sites (N-methyl/N-ethyl adjacent to an activating group) is 1. The molecule has 2 amide bonds. The van der Waals surface area contributed by atoms with E-state index in [1.54, 1.807) is 37.3 Å². The highest BCUT2D eigenvalue weighted by molar-refractivity contribution is 6.09. The predicted octanol–water partition coefficient (Wildman–Crippen LogP) is 6.44. The highest BCUT2D eigenvalue weighted by atomic mass is 19.1. The molecular formula is C33H28FN3O4. The van der Waals surface area contributed by atoms with Gasteiger partial charge in [-0.1, -0.05) is 84.9 Å². The van der Waals surface area contributed by atoms with Crippen LogP contribution in [0.4, 0.5) is 9.18 Å². The third-order valence-electron chi connectivity index (χ3n) is 7.21. The van der Waals surface area contributed by atoms with Gasteiger partial charge < -0.3 is 14.7 Å². The number of nitrogens with zero attached hydrogens (tertiary/aromatic N) is 3. The Balaban J connectivity index is 1.80. The molecule has 4 aromatic rings. The van der Waals surface area contributed by atoms with Gasteiger partial charge in [-0.2, -0.15) is 4.99 Å². The number of ether oxygens (including phenoxy) is 1. The molecule has 0 aliphatic carbocycles. The number of carbonyl (C=O) groups is 2. The molecule has 41 heavy (non-hydrogen) atoms. The minimum Gasteiger partial charge on any atom is -0.497 e. The molecule has 8 heteroatoms. The van der Waals surface area contributed by atoms with Crippen molar-refractivity contribution in [2.45, 2.75) is 12.0 Å². The fourth-order valence-corrected chi connectivity index (χ4v) is 5.19. The fourth-order valence-electron chi connectivity index (χ4n) is 5.19. The second kappa shape index (κ2) is 11.5. The lowest BCUT2D eigenvalue weighted by molar-refractivity contribution is 0.0996. The molecule has 7 nitrogen and oxygen atoms in total.